The molecule has 2 aromatic rings. The van der Waals surface area contributed by atoms with Gasteiger partial charge in [0.2, 0.25) is 0 Å². The quantitative estimate of drug-likeness (QED) is 0.834. The van der Waals surface area contributed by atoms with E-state index in [2.05, 4.69) is 9.89 Å². The number of aromatic carboxylic acids is 1. The maximum atomic E-state index is 14.5. The van der Waals surface area contributed by atoms with Gasteiger partial charge in [0.05, 0.1) is 16.9 Å². The van der Waals surface area contributed by atoms with Gasteiger partial charge in [0, 0.05) is 19.3 Å². The van der Waals surface area contributed by atoms with Gasteiger partial charge >= 0.3 is 5.97 Å². The third-order valence-electron chi connectivity index (χ3n) is 4.58. The molecular weight excluding hydrogens is 319 g/mol. The number of halogens is 1. The molecule has 25 heavy (non-hydrogen) atoms. The van der Waals surface area contributed by atoms with E-state index in [1.807, 2.05) is 19.9 Å². The Kier molecular flexibility index (Phi) is 4.83. The number of carboxylic acid groups (broad SMARTS) is 1. The second-order valence-electron chi connectivity index (χ2n) is 6.42. The molecule has 1 saturated heterocycles. The Morgan fingerprint density at radius 2 is 1.88 bits per heavy atom. The molecule has 1 fully saturated rings. The second-order valence-corrected chi connectivity index (χ2v) is 6.42. The summed E-state index contributed by atoms with van der Waals surface area (Å²) < 4.78 is 14.5. The van der Waals surface area contributed by atoms with Crippen LogP contribution < -0.4 is 4.90 Å². The van der Waals surface area contributed by atoms with E-state index in [1.165, 1.54) is 12.1 Å². The fraction of sp³-hybridized carbons (Fsp3) is 0.300. The predicted octanol–water partition coefficient (Wildman–Crippen LogP) is 4.49. The first-order chi connectivity index (χ1) is 12.0. The molecule has 0 unspecified atom stereocenters. The van der Waals surface area contributed by atoms with Gasteiger partial charge in [0.25, 0.3) is 0 Å². The number of aryl methyl sites for hydroxylation is 2. The van der Waals surface area contributed by atoms with Crippen molar-refractivity contribution in [2.45, 2.75) is 26.7 Å². The minimum atomic E-state index is -0.992. The molecule has 1 aliphatic heterocycles. The van der Waals surface area contributed by atoms with Crippen molar-refractivity contribution in [1.82, 2.24) is 0 Å². The van der Waals surface area contributed by atoms with Gasteiger partial charge in [0.1, 0.15) is 5.82 Å². The zero-order chi connectivity index (χ0) is 18.0. The molecule has 0 aliphatic carbocycles. The van der Waals surface area contributed by atoms with Crippen LogP contribution in [0.1, 0.15) is 39.9 Å². The van der Waals surface area contributed by atoms with Crippen LogP contribution in [0, 0.1) is 19.7 Å². The minimum absolute atomic E-state index is 0.185. The molecule has 0 radical (unpaired) electrons. The van der Waals surface area contributed by atoms with E-state index in [0.717, 1.165) is 37.1 Å². The molecule has 0 spiro atoms. The lowest BCUT2D eigenvalue weighted by molar-refractivity contribution is 0.0697. The van der Waals surface area contributed by atoms with Gasteiger partial charge in [0.15, 0.2) is 0 Å². The number of aliphatic imine (C=N–C) groups is 1. The molecule has 5 heteroatoms. The van der Waals surface area contributed by atoms with Crippen molar-refractivity contribution in [3.63, 3.8) is 0 Å². The Morgan fingerprint density at radius 1 is 1.16 bits per heavy atom. The number of anilines is 1. The maximum absolute atomic E-state index is 14.5. The van der Waals surface area contributed by atoms with Gasteiger partial charge in [-0.2, -0.15) is 0 Å². The third-order valence-corrected chi connectivity index (χ3v) is 4.58. The van der Waals surface area contributed by atoms with E-state index < -0.39 is 5.97 Å². The van der Waals surface area contributed by atoms with Crippen LogP contribution in [-0.4, -0.2) is 30.4 Å². The Bertz CT molecular complexity index is 840. The standard InChI is InChI=1S/C20H21FN2O2/c1-13-5-6-15(20(24)25)11-18(13)22-12-16-10-17(21)19(9-14(16)2)23-7-3-4-8-23/h5-6,9-12H,3-4,7-8H2,1-2H3,(H,24,25). The topological polar surface area (TPSA) is 52.9 Å². The molecule has 0 bridgehead atoms. The van der Waals surface area contributed by atoms with Crippen molar-refractivity contribution in [3.05, 3.63) is 58.4 Å². The normalized spacial score (nSPS) is 14.4. The van der Waals surface area contributed by atoms with Crippen LogP contribution in [0.15, 0.2) is 35.3 Å². The van der Waals surface area contributed by atoms with Gasteiger partial charge in [-0.15, -0.1) is 0 Å². The molecule has 3 rings (SSSR count). The molecule has 4 nitrogen and oxygen atoms in total. The van der Waals surface area contributed by atoms with Gasteiger partial charge in [-0.3, -0.25) is 4.99 Å². The average Bonchev–Trinajstić information content (AvgIpc) is 3.10. The smallest absolute Gasteiger partial charge is 0.335 e. The van der Waals surface area contributed by atoms with Crippen molar-refractivity contribution in [2.24, 2.45) is 4.99 Å². The highest BCUT2D eigenvalue weighted by molar-refractivity contribution is 5.90. The summed E-state index contributed by atoms with van der Waals surface area (Å²) in [6.45, 7) is 5.58. The first-order valence-corrected chi connectivity index (χ1v) is 8.39. The van der Waals surface area contributed by atoms with Crippen LogP contribution in [0.4, 0.5) is 15.8 Å². The summed E-state index contributed by atoms with van der Waals surface area (Å²) in [7, 11) is 0. The number of hydrogen-bond acceptors (Lipinski definition) is 3. The molecule has 1 heterocycles. The summed E-state index contributed by atoms with van der Waals surface area (Å²) in [6.07, 6.45) is 3.79. The molecule has 0 atom stereocenters. The summed E-state index contributed by atoms with van der Waals surface area (Å²) in [5.41, 5.74) is 3.91. The van der Waals surface area contributed by atoms with Gasteiger partial charge in [-0.1, -0.05) is 6.07 Å². The van der Waals surface area contributed by atoms with Gasteiger partial charge < -0.3 is 10.0 Å². The second kappa shape index (κ2) is 7.05. The van der Waals surface area contributed by atoms with Crippen molar-refractivity contribution < 1.29 is 14.3 Å². The summed E-state index contributed by atoms with van der Waals surface area (Å²) >= 11 is 0. The summed E-state index contributed by atoms with van der Waals surface area (Å²) in [6, 6.07) is 8.16. The van der Waals surface area contributed by atoms with Crippen molar-refractivity contribution in [2.75, 3.05) is 18.0 Å². The summed E-state index contributed by atoms with van der Waals surface area (Å²) in [4.78, 5) is 17.5. The minimum Gasteiger partial charge on any atom is -0.478 e. The first-order valence-electron chi connectivity index (χ1n) is 8.39. The molecule has 130 valence electrons. The van der Waals surface area contributed by atoms with Crippen LogP contribution in [0.25, 0.3) is 0 Å². The summed E-state index contributed by atoms with van der Waals surface area (Å²) in [5, 5.41) is 9.09. The highest BCUT2D eigenvalue weighted by Crippen LogP contribution is 2.27. The fourth-order valence-corrected chi connectivity index (χ4v) is 3.04. The van der Waals surface area contributed by atoms with E-state index in [0.29, 0.717) is 16.9 Å². The van der Waals surface area contributed by atoms with Crippen LogP contribution in [0.3, 0.4) is 0 Å². The Morgan fingerprint density at radius 3 is 2.56 bits per heavy atom. The van der Waals surface area contributed by atoms with Crippen molar-refractivity contribution in [1.29, 1.82) is 0 Å². The van der Waals surface area contributed by atoms with E-state index in [-0.39, 0.29) is 11.4 Å². The Balaban J connectivity index is 1.90. The first kappa shape index (κ1) is 17.1. The molecule has 2 aromatic carbocycles. The fourth-order valence-electron chi connectivity index (χ4n) is 3.04. The number of nitrogens with zero attached hydrogens (tertiary/aromatic N) is 2. The lowest BCUT2D eigenvalue weighted by Gasteiger charge is -2.19. The zero-order valence-corrected chi connectivity index (χ0v) is 14.4. The molecule has 0 aromatic heterocycles. The SMILES string of the molecule is Cc1cc(N2CCCC2)c(F)cc1C=Nc1cc(C(=O)O)ccc1C. The van der Waals surface area contributed by atoms with Crippen LogP contribution >= 0.6 is 0 Å². The van der Waals surface area contributed by atoms with E-state index in [4.69, 9.17) is 5.11 Å². The molecule has 0 saturated carbocycles. The van der Waals surface area contributed by atoms with Crippen molar-refractivity contribution >= 4 is 23.6 Å². The average molecular weight is 340 g/mol. The summed E-state index contributed by atoms with van der Waals surface area (Å²) in [5.74, 6) is -1.24. The highest BCUT2D eigenvalue weighted by Gasteiger charge is 2.17. The third kappa shape index (κ3) is 3.71. The lowest BCUT2D eigenvalue weighted by Crippen LogP contribution is -2.19. The highest BCUT2D eigenvalue weighted by atomic mass is 19.1. The van der Waals surface area contributed by atoms with Crippen LogP contribution in [0.2, 0.25) is 0 Å². The molecule has 1 aliphatic rings. The van der Waals surface area contributed by atoms with Gasteiger partial charge in [-0.05, 0) is 67.6 Å². The zero-order valence-electron chi connectivity index (χ0n) is 14.4. The van der Waals surface area contributed by atoms with Gasteiger partial charge in [-0.25, -0.2) is 9.18 Å². The largest absolute Gasteiger partial charge is 0.478 e. The van der Waals surface area contributed by atoms with Crippen molar-refractivity contribution in [3.8, 4) is 0 Å². The number of benzene rings is 2. The lowest BCUT2D eigenvalue weighted by atomic mass is 10.1. The number of carbonyl (C=O) groups is 1. The van der Waals surface area contributed by atoms with E-state index in [1.54, 1.807) is 18.3 Å². The Labute approximate surface area is 146 Å². The van der Waals surface area contributed by atoms with E-state index in [9.17, 15) is 9.18 Å². The molecule has 1 N–H and O–H groups in total. The van der Waals surface area contributed by atoms with E-state index >= 15 is 0 Å². The molecule has 0 amide bonds. The number of carboxylic acids is 1. The number of rotatable bonds is 4. The van der Waals surface area contributed by atoms with Crippen LogP contribution in [-0.2, 0) is 0 Å². The monoisotopic (exact) mass is 340 g/mol. The van der Waals surface area contributed by atoms with Crippen LogP contribution in [0.5, 0.6) is 0 Å². The number of hydrogen-bond donors (Lipinski definition) is 1. The Hall–Kier alpha value is -2.69. The predicted molar refractivity (Wildman–Crippen MR) is 98.0 cm³/mol. The molecular formula is C20H21FN2O2. The maximum Gasteiger partial charge on any atom is 0.335 e.